The molecule has 3 heterocycles. The Morgan fingerprint density at radius 1 is 1.30 bits per heavy atom. The number of likely N-dealkylation sites (tertiary alicyclic amines) is 1. The Balaban J connectivity index is 1.82. The fourth-order valence-electron chi connectivity index (χ4n) is 7.11. The highest BCUT2D eigenvalue weighted by molar-refractivity contribution is 8.02. The molecule has 0 aromatic heterocycles. The molecule has 4 rings (SSSR count). The van der Waals surface area contributed by atoms with Gasteiger partial charge in [-0.1, -0.05) is 46.1 Å². The second-order valence-electron chi connectivity index (χ2n) is 10.7. The van der Waals surface area contributed by atoms with Gasteiger partial charge in [0.1, 0.15) is 6.04 Å². The molecule has 0 aromatic rings. The fourth-order valence-corrected chi connectivity index (χ4v) is 9.50. The Morgan fingerprint density at radius 2 is 1.97 bits per heavy atom. The van der Waals surface area contributed by atoms with Crippen molar-refractivity contribution in [3.8, 4) is 0 Å². The number of aliphatic hydroxyl groups excluding tert-OH is 1. The number of thioether (sulfide) groups is 1. The van der Waals surface area contributed by atoms with E-state index in [1.807, 2.05) is 18.7 Å². The highest BCUT2D eigenvalue weighted by Gasteiger charge is 2.77. The summed E-state index contributed by atoms with van der Waals surface area (Å²) in [5.41, 5.74) is 0. The fraction of sp³-hybridized carbons (Fsp3) is 0.800. The molecule has 3 unspecified atom stereocenters. The van der Waals surface area contributed by atoms with Crippen molar-refractivity contribution >= 4 is 29.5 Å². The predicted octanol–water partition coefficient (Wildman–Crippen LogP) is 2.77. The van der Waals surface area contributed by atoms with E-state index in [0.717, 1.165) is 25.7 Å². The lowest BCUT2D eigenvalue weighted by Crippen LogP contribution is -2.61. The highest BCUT2D eigenvalue weighted by Crippen LogP contribution is 2.69. The van der Waals surface area contributed by atoms with Gasteiger partial charge in [-0.05, 0) is 31.1 Å². The maximum absolute atomic E-state index is 14.4. The topological polar surface area (TPSA) is 98.2 Å². The van der Waals surface area contributed by atoms with Crippen molar-refractivity contribution in [1.29, 1.82) is 0 Å². The Morgan fingerprint density at radius 3 is 2.52 bits per heavy atom. The van der Waals surface area contributed by atoms with Crippen LogP contribution in [0.5, 0.6) is 0 Å². The molecule has 3 aliphatic heterocycles. The third kappa shape index (κ3) is 3.63. The molecular weight excluding hydrogens is 440 g/mol. The van der Waals surface area contributed by atoms with Gasteiger partial charge in [0.2, 0.25) is 11.8 Å². The van der Waals surface area contributed by atoms with Gasteiger partial charge in [0.25, 0.3) is 0 Å². The lowest BCUT2D eigenvalue weighted by molar-refractivity contribution is -0.150. The number of hydrogen-bond donors (Lipinski definition) is 2. The van der Waals surface area contributed by atoms with Crippen LogP contribution in [0, 0.1) is 23.7 Å². The summed E-state index contributed by atoms with van der Waals surface area (Å²) in [5.74, 6) is -2.85. The highest BCUT2D eigenvalue weighted by atomic mass is 32.2. The van der Waals surface area contributed by atoms with E-state index in [2.05, 4.69) is 13.5 Å². The van der Waals surface area contributed by atoms with Crippen LogP contribution in [0.4, 0.5) is 0 Å². The largest absolute Gasteiger partial charge is 0.481 e. The molecule has 7 nitrogen and oxygen atoms in total. The molecule has 184 valence electrons. The van der Waals surface area contributed by atoms with E-state index in [-0.39, 0.29) is 41.5 Å². The number of aliphatic hydroxyl groups is 1. The monoisotopic (exact) mass is 478 g/mol. The number of carboxylic acid groups (broad SMARTS) is 1. The van der Waals surface area contributed by atoms with Crippen LogP contribution in [0.25, 0.3) is 0 Å². The second-order valence-corrected chi connectivity index (χ2v) is 12.2. The first-order valence-electron chi connectivity index (χ1n) is 12.5. The average Bonchev–Trinajstić information content (AvgIpc) is 3.37. The maximum Gasteiger partial charge on any atom is 0.308 e. The Kier molecular flexibility index (Phi) is 6.89. The molecule has 1 spiro atoms. The molecular formula is C25H38N2O5S. The minimum absolute atomic E-state index is 0.0412. The standard InChI is InChI=1S/C25H38N2O5S/c1-5-11-26(16-9-7-6-8-10-16)23(30)21-25-15(4)12-18(33-25)19(24(31)32)20(25)22(29)27(21)17(13-28)14(2)3/h5,14-21,28H,1,6-13H2,2-4H3,(H,31,32)/t15?,17-,18+,19-,20-,21?,25?/m0/s1. The number of hydrogen-bond acceptors (Lipinski definition) is 5. The van der Waals surface area contributed by atoms with Crippen LogP contribution in [0.3, 0.4) is 0 Å². The molecule has 3 saturated heterocycles. The van der Waals surface area contributed by atoms with Crippen LogP contribution >= 0.6 is 11.8 Å². The Labute approximate surface area is 201 Å². The van der Waals surface area contributed by atoms with E-state index in [4.69, 9.17) is 0 Å². The van der Waals surface area contributed by atoms with Crippen LogP contribution in [-0.4, -0.2) is 79.1 Å². The van der Waals surface area contributed by atoms with Gasteiger partial charge in [-0.2, -0.15) is 0 Å². The summed E-state index contributed by atoms with van der Waals surface area (Å²) in [6.45, 7) is 9.99. The predicted molar refractivity (Wildman–Crippen MR) is 128 cm³/mol. The lowest BCUT2D eigenvalue weighted by atomic mass is 9.66. The summed E-state index contributed by atoms with van der Waals surface area (Å²) in [5, 5.41) is 20.2. The number of fused-ring (bicyclic) bond motifs is 1. The van der Waals surface area contributed by atoms with Gasteiger partial charge >= 0.3 is 5.97 Å². The molecule has 2 amide bonds. The van der Waals surface area contributed by atoms with Gasteiger partial charge in [-0.25, -0.2) is 0 Å². The molecule has 1 saturated carbocycles. The summed E-state index contributed by atoms with van der Waals surface area (Å²) >= 11 is 1.56. The molecule has 1 aliphatic carbocycles. The number of nitrogens with zero attached hydrogens (tertiary/aromatic N) is 2. The van der Waals surface area contributed by atoms with E-state index in [1.165, 1.54) is 6.42 Å². The number of aliphatic carboxylic acids is 1. The Bertz CT molecular complexity index is 813. The molecule has 0 radical (unpaired) electrons. The van der Waals surface area contributed by atoms with Crippen molar-refractivity contribution in [3.63, 3.8) is 0 Å². The van der Waals surface area contributed by atoms with E-state index in [1.54, 1.807) is 22.7 Å². The summed E-state index contributed by atoms with van der Waals surface area (Å²) in [6.07, 6.45) is 7.64. The summed E-state index contributed by atoms with van der Waals surface area (Å²) in [4.78, 5) is 44.2. The van der Waals surface area contributed by atoms with E-state index in [9.17, 15) is 24.6 Å². The minimum atomic E-state index is -0.951. The maximum atomic E-state index is 14.4. The first-order chi connectivity index (χ1) is 15.7. The van der Waals surface area contributed by atoms with Crippen molar-refractivity contribution < 1.29 is 24.6 Å². The molecule has 4 aliphatic rings. The molecule has 8 heteroatoms. The van der Waals surface area contributed by atoms with Crippen molar-refractivity contribution in [2.45, 2.75) is 87.4 Å². The number of rotatable bonds is 8. The van der Waals surface area contributed by atoms with Crippen molar-refractivity contribution in [2.75, 3.05) is 13.2 Å². The smallest absolute Gasteiger partial charge is 0.308 e. The Hall–Kier alpha value is -1.54. The van der Waals surface area contributed by atoms with Crippen molar-refractivity contribution in [3.05, 3.63) is 12.7 Å². The van der Waals surface area contributed by atoms with E-state index >= 15 is 0 Å². The molecule has 4 fully saturated rings. The van der Waals surface area contributed by atoms with Crippen molar-refractivity contribution in [1.82, 2.24) is 9.80 Å². The van der Waals surface area contributed by atoms with Gasteiger partial charge in [0, 0.05) is 17.8 Å². The molecule has 33 heavy (non-hydrogen) atoms. The molecule has 7 atom stereocenters. The summed E-state index contributed by atoms with van der Waals surface area (Å²) < 4.78 is -0.766. The summed E-state index contributed by atoms with van der Waals surface area (Å²) in [6, 6.07) is -1.17. The van der Waals surface area contributed by atoms with Gasteiger partial charge in [-0.3, -0.25) is 14.4 Å². The van der Waals surface area contributed by atoms with Gasteiger partial charge in [0.15, 0.2) is 0 Å². The minimum Gasteiger partial charge on any atom is -0.481 e. The molecule has 0 aromatic carbocycles. The third-order valence-electron chi connectivity index (χ3n) is 8.64. The van der Waals surface area contributed by atoms with Crippen LogP contribution in [0.2, 0.25) is 0 Å². The zero-order valence-corrected chi connectivity index (χ0v) is 20.8. The zero-order chi connectivity index (χ0) is 24.1. The molecule has 2 bridgehead atoms. The van der Waals surface area contributed by atoms with E-state index < -0.39 is 34.6 Å². The molecule has 2 N–H and O–H groups in total. The van der Waals surface area contributed by atoms with Gasteiger partial charge in [0.05, 0.1) is 29.2 Å². The average molecular weight is 479 g/mol. The first-order valence-corrected chi connectivity index (χ1v) is 13.3. The normalized spacial score (nSPS) is 36.8. The number of carboxylic acids is 1. The van der Waals surface area contributed by atoms with Crippen LogP contribution < -0.4 is 0 Å². The van der Waals surface area contributed by atoms with E-state index in [0.29, 0.717) is 13.0 Å². The van der Waals surface area contributed by atoms with Gasteiger partial charge in [-0.15, -0.1) is 18.3 Å². The second kappa shape index (κ2) is 9.25. The number of amides is 2. The van der Waals surface area contributed by atoms with Crippen LogP contribution in [0.1, 0.15) is 59.3 Å². The quantitative estimate of drug-likeness (QED) is 0.521. The SMILES string of the molecule is C=CCN(C(=O)C1N([C@@H](CO)C(C)C)C(=O)[C@@H]2[C@@H](C(=O)O)[C@H]3CC(C)C12S3)C1CCCCC1. The van der Waals surface area contributed by atoms with Gasteiger partial charge < -0.3 is 20.0 Å². The lowest BCUT2D eigenvalue weighted by Gasteiger charge is -2.44. The van der Waals surface area contributed by atoms with Crippen molar-refractivity contribution in [2.24, 2.45) is 23.7 Å². The zero-order valence-electron chi connectivity index (χ0n) is 20.0. The van der Waals surface area contributed by atoms with Crippen LogP contribution in [-0.2, 0) is 14.4 Å². The first kappa shape index (κ1) is 24.6. The summed E-state index contributed by atoms with van der Waals surface area (Å²) in [7, 11) is 0. The van der Waals surface area contributed by atoms with Crippen LogP contribution in [0.15, 0.2) is 12.7 Å². The third-order valence-corrected chi connectivity index (χ3v) is 10.7. The number of carbonyl (C=O) groups is 3. The number of carbonyl (C=O) groups excluding carboxylic acids is 2.